The van der Waals surface area contributed by atoms with Crippen LogP contribution in [0.25, 0.3) is 0 Å². The zero-order chi connectivity index (χ0) is 12.5. The SMILES string of the molecule is CC1CCCC(O)(Cc2ccc(F)cc2Br)C1. The Morgan fingerprint density at radius 3 is 2.94 bits per heavy atom. The van der Waals surface area contributed by atoms with Crippen molar-refractivity contribution in [3.63, 3.8) is 0 Å². The molecule has 1 fully saturated rings. The molecule has 1 aromatic rings. The molecule has 0 amide bonds. The first-order valence-corrected chi connectivity index (χ1v) is 6.94. The first-order chi connectivity index (χ1) is 7.98. The lowest BCUT2D eigenvalue weighted by Gasteiger charge is -2.36. The van der Waals surface area contributed by atoms with E-state index in [0.717, 1.165) is 29.3 Å². The molecule has 3 heteroatoms. The molecular weight excluding hydrogens is 283 g/mol. The van der Waals surface area contributed by atoms with Crippen molar-refractivity contribution in [3.05, 3.63) is 34.1 Å². The molecule has 2 unspecified atom stereocenters. The fraction of sp³-hybridized carbons (Fsp3) is 0.571. The molecule has 1 N–H and O–H groups in total. The highest BCUT2D eigenvalue weighted by Crippen LogP contribution is 2.36. The average Bonchev–Trinajstić information content (AvgIpc) is 2.22. The first kappa shape index (κ1) is 13.0. The van der Waals surface area contributed by atoms with Crippen molar-refractivity contribution in [3.8, 4) is 0 Å². The Morgan fingerprint density at radius 1 is 1.53 bits per heavy atom. The molecule has 2 atom stereocenters. The van der Waals surface area contributed by atoms with Crippen molar-refractivity contribution in [1.29, 1.82) is 0 Å². The van der Waals surface area contributed by atoms with Crippen molar-refractivity contribution < 1.29 is 9.50 Å². The number of hydrogen-bond acceptors (Lipinski definition) is 1. The van der Waals surface area contributed by atoms with Gasteiger partial charge >= 0.3 is 0 Å². The summed E-state index contributed by atoms with van der Waals surface area (Å²) in [5.74, 6) is 0.331. The lowest BCUT2D eigenvalue weighted by molar-refractivity contribution is -0.0125. The largest absolute Gasteiger partial charge is 0.390 e. The van der Waals surface area contributed by atoms with Crippen molar-refractivity contribution in [2.45, 2.75) is 44.6 Å². The van der Waals surface area contributed by atoms with Crippen LogP contribution in [0.5, 0.6) is 0 Å². The molecule has 2 rings (SSSR count). The summed E-state index contributed by atoms with van der Waals surface area (Å²) in [5.41, 5.74) is 0.376. The summed E-state index contributed by atoms with van der Waals surface area (Å²) in [6, 6.07) is 4.68. The van der Waals surface area contributed by atoms with Gasteiger partial charge in [0.2, 0.25) is 0 Å². The van der Waals surface area contributed by atoms with Gasteiger partial charge in [0.1, 0.15) is 5.82 Å². The third-order valence-electron chi connectivity index (χ3n) is 3.60. The molecule has 0 spiro atoms. The summed E-state index contributed by atoms with van der Waals surface area (Å²) in [6.07, 6.45) is 4.58. The van der Waals surface area contributed by atoms with E-state index >= 15 is 0 Å². The van der Waals surface area contributed by atoms with E-state index in [9.17, 15) is 9.50 Å². The van der Waals surface area contributed by atoms with E-state index in [0.29, 0.717) is 12.3 Å². The average molecular weight is 301 g/mol. The van der Waals surface area contributed by atoms with Crippen LogP contribution in [0.1, 0.15) is 38.2 Å². The minimum absolute atomic E-state index is 0.246. The molecule has 94 valence electrons. The summed E-state index contributed by atoms with van der Waals surface area (Å²) in [7, 11) is 0. The van der Waals surface area contributed by atoms with Crippen LogP contribution in [0.15, 0.2) is 22.7 Å². The van der Waals surface area contributed by atoms with E-state index in [1.165, 1.54) is 18.6 Å². The minimum atomic E-state index is -0.613. The molecule has 0 bridgehead atoms. The zero-order valence-electron chi connectivity index (χ0n) is 10.0. The van der Waals surface area contributed by atoms with Crippen LogP contribution in [0, 0.1) is 11.7 Å². The van der Waals surface area contributed by atoms with Gasteiger partial charge in [0.05, 0.1) is 5.60 Å². The van der Waals surface area contributed by atoms with Crippen LogP contribution in [-0.2, 0) is 6.42 Å². The molecule has 0 aliphatic heterocycles. The molecular formula is C14H18BrFO. The quantitative estimate of drug-likeness (QED) is 0.873. The topological polar surface area (TPSA) is 20.2 Å². The molecule has 0 aromatic heterocycles. The maximum atomic E-state index is 13.0. The number of rotatable bonds is 2. The molecule has 0 radical (unpaired) electrons. The molecule has 0 saturated heterocycles. The van der Waals surface area contributed by atoms with Gasteiger partial charge in [-0.2, -0.15) is 0 Å². The highest BCUT2D eigenvalue weighted by molar-refractivity contribution is 9.10. The first-order valence-electron chi connectivity index (χ1n) is 6.15. The second-order valence-corrected chi connectivity index (χ2v) is 6.19. The van der Waals surface area contributed by atoms with E-state index < -0.39 is 5.60 Å². The summed E-state index contributed by atoms with van der Waals surface area (Å²) in [4.78, 5) is 0. The van der Waals surface area contributed by atoms with Crippen LogP contribution in [0.4, 0.5) is 4.39 Å². The van der Waals surface area contributed by atoms with E-state index in [1.54, 1.807) is 6.07 Å². The van der Waals surface area contributed by atoms with E-state index in [1.807, 2.05) is 0 Å². The fourth-order valence-corrected chi connectivity index (χ4v) is 3.30. The number of hydrogen-bond donors (Lipinski definition) is 1. The van der Waals surface area contributed by atoms with Crippen molar-refractivity contribution in [1.82, 2.24) is 0 Å². The lowest BCUT2D eigenvalue weighted by Crippen LogP contribution is -2.36. The Labute approximate surface area is 110 Å². The van der Waals surface area contributed by atoms with Gasteiger partial charge in [-0.25, -0.2) is 4.39 Å². The van der Waals surface area contributed by atoms with Gasteiger partial charge in [-0.05, 0) is 36.5 Å². The predicted molar refractivity (Wildman–Crippen MR) is 70.4 cm³/mol. The normalized spacial score (nSPS) is 29.3. The van der Waals surface area contributed by atoms with Gasteiger partial charge in [0.15, 0.2) is 0 Å². The fourth-order valence-electron chi connectivity index (χ4n) is 2.81. The number of halogens is 2. The standard InChI is InChI=1S/C14H18BrFO/c1-10-3-2-6-14(17,8-10)9-11-4-5-12(16)7-13(11)15/h4-5,7,10,17H,2-3,6,8-9H2,1H3. The Balaban J connectivity index is 2.14. The molecule has 1 aromatic carbocycles. The van der Waals surface area contributed by atoms with Gasteiger partial charge in [-0.15, -0.1) is 0 Å². The van der Waals surface area contributed by atoms with Crippen LogP contribution in [-0.4, -0.2) is 10.7 Å². The van der Waals surface area contributed by atoms with Gasteiger partial charge < -0.3 is 5.11 Å². The number of benzene rings is 1. The van der Waals surface area contributed by atoms with Gasteiger partial charge in [-0.1, -0.05) is 41.8 Å². The molecule has 17 heavy (non-hydrogen) atoms. The van der Waals surface area contributed by atoms with Crippen LogP contribution in [0.2, 0.25) is 0 Å². The van der Waals surface area contributed by atoms with Gasteiger partial charge in [0, 0.05) is 10.9 Å². The third-order valence-corrected chi connectivity index (χ3v) is 4.34. The molecule has 1 saturated carbocycles. The predicted octanol–water partition coefficient (Wildman–Crippen LogP) is 4.07. The third kappa shape index (κ3) is 3.29. The summed E-state index contributed by atoms with van der Waals surface area (Å²) in [6.45, 7) is 2.18. The molecule has 0 heterocycles. The minimum Gasteiger partial charge on any atom is -0.390 e. The monoisotopic (exact) mass is 300 g/mol. The van der Waals surface area contributed by atoms with Crippen molar-refractivity contribution in [2.24, 2.45) is 5.92 Å². The van der Waals surface area contributed by atoms with Crippen LogP contribution < -0.4 is 0 Å². The van der Waals surface area contributed by atoms with Crippen LogP contribution >= 0.6 is 15.9 Å². The zero-order valence-corrected chi connectivity index (χ0v) is 11.6. The van der Waals surface area contributed by atoms with E-state index in [4.69, 9.17) is 0 Å². The van der Waals surface area contributed by atoms with Crippen molar-refractivity contribution in [2.75, 3.05) is 0 Å². The van der Waals surface area contributed by atoms with E-state index in [2.05, 4.69) is 22.9 Å². The maximum Gasteiger partial charge on any atom is 0.124 e. The smallest absolute Gasteiger partial charge is 0.124 e. The maximum absolute atomic E-state index is 13.0. The molecule has 1 aliphatic carbocycles. The highest BCUT2D eigenvalue weighted by atomic mass is 79.9. The number of aliphatic hydroxyl groups is 1. The Morgan fingerprint density at radius 2 is 2.29 bits per heavy atom. The van der Waals surface area contributed by atoms with Crippen molar-refractivity contribution >= 4 is 15.9 Å². The molecule has 1 nitrogen and oxygen atoms in total. The molecule has 1 aliphatic rings. The summed E-state index contributed by atoms with van der Waals surface area (Å²) >= 11 is 3.36. The lowest BCUT2D eigenvalue weighted by atomic mass is 9.76. The summed E-state index contributed by atoms with van der Waals surface area (Å²) < 4.78 is 13.7. The Bertz CT molecular complexity index is 407. The van der Waals surface area contributed by atoms with Crippen LogP contribution in [0.3, 0.4) is 0 Å². The van der Waals surface area contributed by atoms with Gasteiger partial charge in [-0.3, -0.25) is 0 Å². The second-order valence-electron chi connectivity index (χ2n) is 5.34. The summed E-state index contributed by atoms with van der Waals surface area (Å²) in [5, 5.41) is 10.6. The Hall–Kier alpha value is -0.410. The van der Waals surface area contributed by atoms with Gasteiger partial charge in [0.25, 0.3) is 0 Å². The Kier molecular flexibility index (Phi) is 3.88. The highest BCUT2D eigenvalue weighted by Gasteiger charge is 2.33. The van der Waals surface area contributed by atoms with E-state index in [-0.39, 0.29) is 5.82 Å². The second kappa shape index (κ2) is 5.07.